The van der Waals surface area contributed by atoms with Gasteiger partial charge in [0.25, 0.3) is 0 Å². The van der Waals surface area contributed by atoms with Crippen molar-refractivity contribution < 1.29 is 0 Å². The number of fused-ring (bicyclic) bond motifs is 9. The topological polar surface area (TPSA) is 38.7 Å². The molecule has 1 aliphatic carbocycles. The average molecular weight is 652 g/mol. The van der Waals surface area contributed by atoms with Gasteiger partial charge in [-0.15, -0.1) is 0 Å². The number of rotatable bonds is 4. The van der Waals surface area contributed by atoms with Gasteiger partial charge in [-0.2, -0.15) is 0 Å². The molecular formula is C48H33N3. The van der Waals surface area contributed by atoms with E-state index >= 15 is 0 Å². The van der Waals surface area contributed by atoms with Crippen molar-refractivity contribution in [1.82, 2.24) is 15.0 Å². The number of aromatic nitrogens is 3. The van der Waals surface area contributed by atoms with E-state index in [9.17, 15) is 0 Å². The van der Waals surface area contributed by atoms with Gasteiger partial charge in [0.05, 0.1) is 0 Å². The van der Waals surface area contributed by atoms with Crippen molar-refractivity contribution in [2.75, 3.05) is 0 Å². The highest BCUT2D eigenvalue weighted by Gasteiger charge is 2.36. The summed E-state index contributed by atoms with van der Waals surface area (Å²) in [6.45, 7) is 4.73. The lowest BCUT2D eigenvalue weighted by Crippen LogP contribution is -2.14. The molecule has 1 aliphatic rings. The summed E-state index contributed by atoms with van der Waals surface area (Å²) < 4.78 is 0. The maximum Gasteiger partial charge on any atom is 0.164 e. The van der Waals surface area contributed by atoms with E-state index in [-0.39, 0.29) is 5.41 Å². The minimum Gasteiger partial charge on any atom is -0.208 e. The van der Waals surface area contributed by atoms with Crippen LogP contribution in [0.15, 0.2) is 164 Å². The molecule has 0 saturated carbocycles. The van der Waals surface area contributed by atoms with E-state index in [1.54, 1.807) is 0 Å². The molecule has 0 radical (unpaired) electrons. The van der Waals surface area contributed by atoms with Gasteiger partial charge in [-0.1, -0.05) is 153 Å². The van der Waals surface area contributed by atoms with E-state index in [1.807, 2.05) is 60.7 Å². The summed E-state index contributed by atoms with van der Waals surface area (Å²) in [5.41, 5.74) is 10.4. The first-order valence-corrected chi connectivity index (χ1v) is 17.5. The zero-order valence-corrected chi connectivity index (χ0v) is 28.4. The smallest absolute Gasteiger partial charge is 0.164 e. The molecule has 1 aromatic heterocycles. The second-order valence-corrected chi connectivity index (χ2v) is 14.0. The number of nitrogens with zero attached hydrogens (tertiary/aromatic N) is 3. The van der Waals surface area contributed by atoms with Crippen molar-refractivity contribution in [2.24, 2.45) is 0 Å². The Morgan fingerprint density at radius 3 is 1.33 bits per heavy atom. The van der Waals surface area contributed by atoms with Crippen LogP contribution in [0.3, 0.4) is 0 Å². The van der Waals surface area contributed by atoms with Crippen LogP contribution in [0.5, 0.6) is 0 Å². The monoisotopic (exact) mass is 651 g/mol. The Morgan fingerprint density at radius 2 is 0.745 bits per heavy atom. The Kier molecular flexibility index (Phi) is 6.53. The Balaban J connectivity index is 1.12. The lowest BCUT2D eigenvalue weighted by atomic mass is 9.81. The Bertz CT molecular complexity index is 2760. The molecule has 0 atom stereocenters. The highest BCUT2D eigenvalue weighted by molar-refractivity contribution is 6.26. The summed E-state index contributed by atoms with van der Waals surface area (Å²) in [6, 6.07) is 58.4. The summed E-state index contributed by atoms with van der Waals surface area (Å²) in [5, 5.41) is 7.83. The van der Waals surface area contributed by atoms with Gasteiger partial charge in [-0.3, -0.25) is 0 Å². The fourth-order valence-electron chi connectivity index (χ4n) is 8.10. The SMILES string of the molecule is CC1(C)c2ccc(-c3cccc(-c4nc(-c5ccccc5)nc(-c5ccccc5)n4)c3)cc2-c2cc3c4ccccc4c4ccccc4c3cc21. The lowest BCUT2D eigenvalue weighted by Gasteiger charge is -2.22. The normalized spacial score (nSPS) is 13.1. The molecule has 10 rings (SSSR count). The van der Waals surface area contributed by atoms with Crippen LogP contribution in [0.25, 0.3) is 88.7 Å². The predicted octanol–water partition coefficient (Wildman–Crippen LogP) is 12.3. The standard InChI is InChI=1S/C48H33N3/c1-48(2)43-25-24-33(27-41(43)42-28-39-37-22-11-9-20-35(37)36-21-10-12-23-38(36)40(39)29-44(42)48)32-18-13-19-34(26-32)47-50-45(30-14-5-3-6-15-30)49-46(51-47)31-16-7-4-8-17-31/h3-29H,1-2H3. The fourth-order valence-corrected chi connectivity index (χ4v) is 8.10. The van der Waals surface area contributed by atoms with Crippen LogP contribution in [0.4, 0.5) is 0 Å². The summed E-state index contributed by atoms with van der Waals surface area (Å²) in [7, 11) is 0. The highest BCUT2D eigenvalue weighted by Crippen LogP contribution is 2.52. The van der Waals surface area contributed by atoms with Crippen LogP contribution in [0, 0.1) is 0 Å². The van der Waals surface area contributed by atoms with Gasteiger partial charge < -0.3 is 0 Å². The third-order valence-corrected chi connectivity index (χ3v) is 10.7. The van der Waals surface area contributed by atoms with E-state index < -0.39 is 0 Å². The van der Waals surface area contributed by atoms with E-state index in [4.69, 9.17) is 15.0 Å². The molecular weight excluding hydrogens is 619 g/mol. The molecule has 0 spiro atoms. The number of hydrogen-bond acceptors (Lipinski definition) is 3. The first-order valence-electron chi connectivity index (χ1n) is 17.5. The van der Waals surface area contributed by atoms with Crippen LogP contribution in [0.2, 0.25) is 0 Å². The molecule has 3 nitrogen and oxygen atoms in total. The lowest BCUT2D eigenvalue weighted by molar-refractivity contribution is 0.661. The van der Waals surface area contributed by atoms with Gasteiger partial charge in [0, 0.05) is 22.1 Å². The quantitative estimate of drug-likeness (QED) is 0.178. The second-order valence-electron chi connectivity index (χ2n) is 14.0. The van der Waals surface area contributed by atoms with Gasteiger partial charge in [0.2, 0.25) is 0 Å². The zero-order valence-electron chi connectivity index (χ0n) is 28.4. The third-order valence-electron chi connectivity index (χ3n) is 10.7. The van der Waals surface area contributed by atoms with Crippen molar-refractivity contribution in [3.8, 4) is 56.4 Å². The zero-order chi connectivity index (χ0) is 34.1. The maximum absolute atomic E-state index is 4.99. The van der Waals surface area contributed by atoms with Gasteiger partial charge in [0.15, 0.2) is 17.5 Å². The molecule has 51 heavy (non-hydrogen) atoms. The van der Waals surface area contributed by atoms with Crippen molar-refractivity contribution in [1.29, 1.82) is 0 Å². The molecule has 0 unspecified atom stereocenters. The van der Waals surface area contributed by atoms with E-state index in [1.165, 1.54) is 60.1 Å². The second kappa shape index (κ2) is 11.3. The number of benzene rings is 8. The Morgan fingerprint density at radius 1 is 0.314 bits per heavy atom. The van der Waals surface area contributed by atoms with Crippen LogP contribution in [-0.2, 0) is 5.41 Å². The third kappa shape index (κ3) is 4.69. The molecule has 0 N–H and O–H groups in total. The average Bonchev–Trinajstić information content (AvgIpc) is 3.42. The minimum atomic E-state index is -0.126. The first kappa shape index (κ1) is 29.5. The van der Waals surface area contributed by atoms with Crippen molar-refractivity contribution in [2.45, 2.75) is 19.3 Å². The van der Waals surface area contributed by atoms with Gasteiger partial charge in [-0.05, 0) is 90.0 Å². The molecule has 0 aliphatic heterocycles. The molecule has 240 valence electrons. The van der Waals surface area contributed by atoms with Crippen LogP contribution in [-0.4, -0.2) is 15.0 Å². The van der Waals surface area contributed by atoms with Gasteiger partial charge in [-0.25, -0.2) is 15.0 Å². The fraction of sp³-hybridized carbons (Fsp3) is 0.0625. The van der Waals surface area contributed by atoms with Crippen molar-refractivity contribution >= 4 is 32.3 Å². The molecule has 9 aromatic rings. The molecule has 0 saturated heterocycles. The summed E-state index contributed by atoms with van der Waals surface area (Å²) in [4.78, 5) is 14.9. The van der Waals surface area contributed by atoms with Crippen LogP contribution < -0.4 is 0 Å². The van der Waals surface area contributed by atoms with Crippen LogP contribution in [0.1, 0.15) is 25.0 Å². The summed E-state index contributed by atoms with van der Waals surface area (Å²) >= 11 is 0. The predicted molar refractivity (Wildman–Crippen MR) is 212 cm³/mol. The molecule has 8 aromatic carbocycles. The highest BCUT2D eigenvalue weighted by atomic mass is 15.0. The van der Waals surface area contributed by atoms with Crippen LogP contribution >= 0.6 is 0 Å². The van der Waals surface area contributed by atoms with Gasteiger partial charge >= 0.3 is 0 Å². The molecule has 1 heterocycles. The summed E-state index contributed by atoms with van der Waals surface area (Å²) in [6.07, 6.45) is 0. The van der Waals surface area contributed by atoms with Crippen molar-refractivity contribution in [3.63, 3.8) is 0 Å². The Labute approximate surface area is 297 Å². The molecule has 3 heteroatoms. The van der Waals surface area contributed by atoms with Crippen molar-refractivity contribution in [3.05, 3.63) is 175 Å². The van der Waals surface area contributed by atoms with E-state index in [0.717, 1.165) is 22.3 Å². The largest absolute Gasteiger partial charge is 0.208 e. The summed E-state index contributed by atoms with van der Waals surface area (Å²) in [5.74, 6) is 1.98. The molecule has 0 fully saturated rings. The first-order chi connectivity index (χ1) is 25.0. The maximum atomic E-state index is 4.99. The number of hydrogen-bond donors (Lipinski definition) is 0. The van der Waals surface area contributed by atoms with Gasteiger partial charge in [0.1, 0.15) is 0 Å². The molecule has 0 amide bonds. The molecule has 0 bridgehead atoms. The van der Waals surface area contributed by atoms with E-state index in [2.05, 4.69) is 117 Å². The Hall–Kier alpha value is -6.45. The van der Waals surface area contributed by atoms with E-state index in [0.29, 0.717) is 17.5 Å². The minimum absolute atomic E-state index is 0.126.